The Morgan fingerprint density at radius 1 is 1.14 bits per heavy atom. The van der Waals surface area contributed by atoms with Crippen LogP contribution in [0.25, 0.3) is 37.8 Å². The number of nitrogens with zero attached hydrogens (tertiary/aromatic N) is 3. The van der Waals surface area contributed by atoms with Gasteiger partial charge >= 0.3 is 0 Å². The molecule has 0 saturated heterocycles. The fraction of sp³-hybridized carbons (Fsp3) is 0.240. The minimum Gasteiger partial charge on any atom is -0.311 e. The minimum atomic E-state index is -0.410. The average molecular weight is 397 g/mol. The van der Waals surface area contributed by atoms with Crippen LogP contribution in [-0.2, 0) is 13.5 Å². The number of fused-ring (bicyclic) bond motifs is 3. The summed E-state index contributed by atoms with van der Waals surface area (Å²) >= 11 is 1.83. The third kappa shape index (κ3) is 2.81. The maximum atomic E-state index is 7.49. The first-order valence-electron chi connectivity index (χ1n) is 9.78. The summed E-state index contributed by atoms with van der Waals surface area (Å²) in [5.41, 5.74) is 5.64. The summed E-state index contributed by atoms with van der Waals surface area (Å²) in [4.78, 5) is 11.1. The maximum absolute atomic E-state index is 7.49. The van der Waals surface area contributed by atoms with Crippen molar-refractivity contribution >= 4 is 33.4 Å². The number of hydrogen-bond acceptors (Lipinski definition) is 2. The summed E-state index contributed by atoms with van der Waals surface area (Å²) in [6, 6.07) is 15.3. The van der Waals surface area contributed by atoms with Gasteiger partial charge in [-0.1, -0.05) is 36.0 Å². The van der Waals surface area contributed by atoms with Crippen LogP contribution in [0.5, 0.6) is 0 Å². The minimum absolute atomic E-state index is 0.410. The van der Waals surface area contributed by atoms with Gasteiger partial charge in [-0.2, -0.15) is 0 Å². The van der Waals surface area contributed by atoms with E-state index in [0.717, 1.165) is 11.9 Å². The zero-order chi connectivity index (χ0) is 20.3. The molecule has 0 amide bonds. The fourth-order valence-corrected chi connectivity index (χ4v) is 5.68. The zero-order valence-corrected chi connectivity index (χ0v) is 17.9. The van der Waals surface area contributed by atoms with E-state index in [0.29, 0.717) is 0 Å². The third-order valence-electron chi connectivity index (χ3n) is 5.77. The quantitative estimate of drug-likeness (QED) is 0.274. The van der Waals surface area contributed by atoms with E-state index in [1.807, 2.05) is 31.9 Å². The smallest absolute Gasteiger partial charge is 0.287 e. The molecule has 0 aliphatic carbocycles. The number of rotatable bonds is 2. The van der Waals surface area contributed by atoms with Gasteiger partial charge in [0.1, 0.15) is 5.69 Å². The van der Waals surface area contributed by atoms with Crippen LogP contribution in [0.3, 0.4) is 0 Å². The van der Waals surface area contributed by atoms with E-state index in [1.54, 1.807) is 0 Å². The Kier molecular flexibility index (Phi) is 3.94. The Bertz CT molecular complexity index is 1360. The van der Waals surface area contributed by atoms with Crippen LogP contribution in [0.15, 0.2) is 58.6 Å². The predicted molar refractivity (Wildman–Crippen MR) is 119 cm³/mol. The van der Waals surface area contributed by atoms with Crippen molar-refractivity contribution in [3.8, 4) is 11.3 Å². The van der Waals surface area contributed by atoms with Gasteiger partial charge in [-0.05, 0) is 52.0 Å². The lowest BCUT2D eigenvalue weighted by atomic mass is 9.92. The molecule has 0 bridgehead atoms. The average Bonchev–Trinajstić information content (AvgIpc) is 2.69. The molecular weight excluding hydrogens is 374 g/mol. The van der Waals surface area contributed by atoms with Gasteiger partial charge in [0.15, 0.2) is 5.52 Å². The molecule has 3 aromatic carbocycles. The highest BCUT2D eigenvalue weighted by atomic mass is 32.2. The Morgan fingerprint density at radius 3 is 2.72 bits per heavy atom. The summed E-state index contributed by atoms with van der Waals surface area (Å²) in [6.45, 7) is 13.7. The van der Waals surface area contributed by atoms with E-state index in [1.165, 1.54) is 48.3 Å². The SMILES string of the molecule is [C-]#[N+]C(C)(C)Cc1cc2c3c([n+](C)cnc3c1)-c1c(cc3ccccc3c1C)S2. The van der Waals surface area contributed by atoms with Crippen molar-refractivity contribution in [3.05, 3.63) is 71.3 Å². The van der Waals surface area contributed by atoms with E-state index in [9.17, 15) is 0 Å². The highest BCUT2D eigenvalue weighted by Gasteiger charge is 2.30. The standard InChI is InChI=1S/C25H22N3S/c1-15-18-9-7-6-8-17(18)12-21-22(15)24-23-19(27-14-28(24)5)10-16(11-20(23)29-21)13-25(2,3)26-4/h6-12,14H,13H2,1-3,5H3/q+1. The molecule has 1 aliphatic rings. The van der Waals surface area contributed by atoms with Crippen molar-refractivity contribution in [3.63, 3.8) is 0 Å². The summed E-state index contributed by atoms with van der Waals surface area (Å²) in [7, 11) is 2.08. The van der Waals surface area contributed by atoms with Crippen molar-refractivity contribution < 1.29 is 4.57 Å². The summed E-state index contributed by atoms with van der Waals surface area (Å²) < 4.78 is 2.15. The van der Waals surface area contributed by atoms with E-state index in [-0.39, 0.29) is 0 Å². The first-order valence-corrected chi connectivity index (χ1v) is 10.6. The van der Waals surface area contributed by atoms with E-state index in [4.69, 9.17) is 11.6 Å². The second-order valence-corrected chi connectivity index (χ2v) is 9.57. The Hall–Kier alpha value is -2.90. The van der Waals surface area contributed by atoms with Crippen molar-refractivity contribution in [2.45, 2.75) is 42.5 Å². The fourth-order valence-electron chi connectivity index (χ4n) is 4.39. The summed E-state index contributed by atoms with van der Waals surface area (Å²) in [5, 5.41) is 3.80. The topological polar surface area (TPSA) is 21.1 Å². The van der Waals surface area contributed by atoms with Crippen LogP contribution >= 0.6 is 11.8 Å². The first-order chi connectivity index (χ1) is 13.9. The Labute approximate surface area is 175 Å². The monoisotopic (exact) mass is 396 g/mol. The molecule has 4 heteroatoms. The molecule has 29 heavy (non-hydrogen) atoms. The second-order valence-electron chi connectivity index (χ2n) is 8.49. The van der Waals surface area contributed by atoms with Gasteiger partial charge in [0.2, 0.25) is 5.54 Å². The van der Waals surface area contributed by atoms with E-state index >= 15 is 0 Å². The Balaban J connectivity index is 1.83. The van der Waals surface area contributed by atoms with Gasteiger partial charge in [0, 0.05) is 29.2 Å². The lowest BCUT2D eigenvalue weighted by molar-refractivity contribution is -0.662. The first kappa shape index (κ1) is 18.1. The number of hydrogen-bond donors (Lipinski definition) is 0. The molecule has 1 aliphatic heterocycles. The largest absolute Gasteiger partial charge is 0.311 e. The zero-order valence-electron chi connectivity index (χ0n) is 17.1. The highest BCUT2D eigenvalue weighted by Crippen LogP contribution is 2.49. The molecule has 3 nitrogen and oxygen atoms in total. The van der Waals surface area contributed by atoms with Crippen LogP contribution in [0, 0.1) is 13.5 Å². The van der Waals surface area contributed by atoms with Crippen LogP contribution < -0.4 is 4.57 Å². The summed E-state index contributed by atoms with van der Waals surface area (Å²) in [6.07, 6.45) is 2.64. The molecule has 5 rings (SSSR count). The number of aryl methyl sites for hydroxylation is 2. The Morgan fingerprint density at radius 2 is 1.93 bits per heavy atom. The van der Waals surface area contributed by atoms with E-state index < -0.39 is 5.54 Å². The molecule has 0 fully saturated rings. The van der Waals surface area contributed by atoms with Crippen molar-refractivity contribution in [1.82, 2.24) is 4.98 Å². The van der Waals surface area contributed by atoms with Crippen molar-refractivity contribution in [1.29, 1.82) is 0 Å². The van der Waals surface area contributed by atoms with Crippen LogP contribution in [-0.4, -0.2) is 10.5 Å². The highest BCUT2D eigenvalue weighted by molar-refractivity contribution is 7.99. The predicted octanol–water partition coefficient (Wildman–Crippen LogP) is 5.89. The molecule has 0 saturated carbocycles. The molecule has 1 aromatic heterocycles. The van der Waals surface area contributed by atoms with Gasteiger partial charge in [0.25, 0.3) is 6.33 Å². The van der Waals surface area contributed by atoms with Crippen LogP contribution in [0.4, 0.5) is 0 Å². The van der Waals surface area contributed by atoms with Gasteiger partial charge in [-0.25, -0.2) is 11.1 Å². The second kappa shape index (κ2) is 6.30. The van der Waals surface area contributed by atoms with Crippen LogP contribution in [0.1, 0.15) is 25.0 Å². The maximum Gasteiger partial charge on any atom is 0.287 e. The molecule has 0 N–H and O–H groups in total. The molecule has 0 radical (unpaired) electrons. The molecule has 4 aromatic rings. The molecule has 0 unspecified atom stereocenters. The summed E-state index contributed by atoms with van der Waals surface area (Å²) in [5.74, 6) is 0. The third-order valence-corrected chi connectivity index (χ3v) is 6.85. The van der Waals surface area contributed by atoms with Gasteiger partial charge in [0.05, 0.1) is 18.9 Å². The van der Waals surface area contributed by atoms with E-state index in [2.05, 4.69) is 65.8 Å². The van der Waals surface area contributed by atoms with Gasteiger partial charge < -0.3 is 4.85 Å². The molecule has 142 valence electrons. The number of benzene rings is 3. The molecule has 0 atom stereocenters. The molecule has 2 heterocycles. The lowest BCUT2D eigenvalue weighted by Gasteiger charge is -2.22. The van der Waals surface area contributed by atoms with Gasteiger partial charge in [-0.3, -0.25) is 0 Å². The van der Waals surface area contributed by atoms with Gasteiger partial charge in [-0.15, -0.1) is 0 Å². The van der Waals surface area contributed by atoms with Crippen molar-refractivity contribution in [2.24, 2.45) is 7.05 Å². The molecular formula is C25H22N3S+. The van der Waals surface area contributed by atoms with Crippen LogP contribution in [0.2, 0.25) is 0 Å². The molecule has 0 spiro atoms. The lowest BCUT2D eigenvalue weighted by Crippen LogP contribution is -2.33. The normalized spacial score (nSPS) is 12.8. The van der Waals surface area contributed by atoms with Crippen molar-refractivity contribution in [2.75, 3.05) is 0 Å². The number of aromatic nitrogens is 2.